The molecule has 0 aromatic heterocycles. The highest BCUT2D eigenvalue weighted by molar-refractivity contribution is 9.09. The standard InChI is InChI=1S/C25H29BrOSi/c1-3-4-12-23(21-26)15-11-18-25(27)28(2,24-16-9-6-10-17-24)20-19-22-13-7-5-8-14-22/h3,5-10,13-14,16-17,23H,1,4,11-12,15,18,21H2,2H3. The zero-order valence-electron chi connectivity index (χ0n) is 16.7. The molecule has 0 N–H and O–H groups in total. The smallest absolute Gasteiger partial charge is 0.239 e. The Kier molecular flexibility index (Phi) is 9.47. The SMILES string of the molecule is C=CCCC(CBr)CCCC(=O)[Si](C)(C#Cc1ccccc1)c1ccccc1. The normalized spacial score (nSPS) is 13.6. The number of rotatable bonds is 10. The van der Waals surface area contributed by atoms with Gasteiger partial charge in [-0.05, 0) is 55.5 Å². The number of halogens is 1. The molecule has 2 atom stereocenters. The summed E-state index contributed by atoms with van der Waals surface area (Å²) in [5, 5.41) is 2.42. The first-order valence-corrected chi connectivity index (χ1v) is 13.6. The largest absolute Gasteiger partial charge is 0.304 e. The van der Waals surface area contributed by atoms with Gasteiger partial charge in [-0.15, -0.1) is 12.1 Å². The summed E-state index contributed by atoms with van der Waals surface area (Å²) in [6.07, 6.45) is 6.73. The summed E-state index contributed by atoms with van der Waals surface area (Å²) in [5.41, 5.74) is 4.40. The van der Waals surface area contributed by atoms with Crippen LogP contribution in [0.4, 0.5) is 0 Å². The van der Waals surface area contributed by atoms with Gasteiger partial charge in [0.1, 0.15) is 5.41 Å². The van der Waals surface area contributed by atoms with E-state index in [2.05, 4.69) is 52.7 Å². The van der Waals surface area contributed by atoms with Gasteiger partial charge in [0.05, 0.1) is 0 Å². The summed E-state index contributed by atoms with van der Waals surface area (Å²) in [5.74, 6) is 3.88. The third-order valence-electron chi connectivity index (χ3n) is 5.15. The summed E-state index contributed by atoms with van der Waals surface area (Å²) in [6.45, 7) is 5.91. The van der Waals surface area contributed by atoms with E-state index in [-0.39, 0.29) is 0 Å². The van der Waals surface area contributed by atoms with E-state index in [4.69, 9.17) is 0 Å². The molecular formula is C25H29BrOSi. The van der Waals surface area contributed by atoms with Crippen LogP contribution in [0.15, 0.2) is 73.3 Å². The van der Waals surface area contributed by atoms with E-state index < -0.39 is 8.07 Å². The van der Waals surface area contributed by atoms with Crippen LogP contribution < -0.4 is 5.19 Å². The van der Waals surface area contributed by atoms with Gasteiger partial charge >= 0.3 is 0 Å². The molecule has 2 rings (SSSR count). The van der Waals surface area contributed by atoms with Crippen LogP contribution in [0.1, 0.15) is 37.7 Å². The van der Waals surface area contributed by atoms with Crippen molar-refractivity contribution >= 4 is 34.6 Å². The third-order valence-corrected chi connectivity index (χ3v) is 9.55. The Morgan fingerprint density at radius 2 is 1.75 bits per heavy atom. The van der Waals surface area contributed by atoms with Crippen molar-refractivity contribution in [3.63, 3.8) is 0 Å². The van der Waals surface area contributed by atoms with Crippen LogP contribution in [0, 0.1) is 17.4 Å². The molecule has 0 fully saturated rings. The van der Waals surface area contributed by atoms with Crippen molar-refractivity contribution in [1.82, 2.24) is 0 Å². The summed E-state index contributed by atoms with van der Waals surface area (Å²) in [6, 6.07) is 20.1. The molecule has 0 saturated carbocycles. The van der Waals surface area contributed by atoms with Gasteiger partial charge in [-0.3, -0.25) is 0 Å². The van der Waals surface area contributed by atoms with Crippen LogP contribution in [0.25, 0.3) is 0 Å². The van der Waals surface area contributed by atoms with Gasteiger partial charge < -0.3 is 4.79 Å². The number of benzene rings is 2. The highest BCUT2D eigenvalue weighted by Gasteiger charge is 2.36. The lowest BCUT2D eigenvalue weighted by molar-refractivity contribution is -0.112. The van der Waals surface area contributed by atoms with Crippen molar-refractivity contribution in [2.45, 2.75) is 38.7 Å². The number of allylic oxidation sites excluding steroid dienone is 1. The first kappa shape index (κ1) is 22.4. The molecule has 0 amide bonds. The van der Waals surface area contributed by atoms with E-state index in [1.54, 1.807) is 0 Å². The molecule has 2 aromatic carbocycles. The zero-order chi connectivity index (χ0) is 20.2. The van der Waals surface area contributed by atoms with Gasteiger partial charge in [-0.1, -0.05) is 76.5 Å². The third kappa shape index (κ3) is 6.62. The van der Waals surface area contributed by atoms with E-state index in [9.17, 15) is 4.79 Å². The number of alkyl halides is 1. The Balaban J connectivity index is 2.14. The van der Waals surface area contributed by atoms with Crippen LogP contribution in [0.2, 0.25) is 6.55 Å². The Hall–Kier alpha value is -1.89. The lowest BCUT2D eigenvalue weighted by atomic mass is 9.99. The van der Waals surface area contributed by atoms with Crippen LogP contribution in [-0.2, 0) is 4.79 Å². The molecule has 0 radical (unpaired) electrons. The van der Waals surface area contributed by atoms with Crippen molar-refractivity contribution in [2.24, 2.45) is 5.92 Å². The molecule has 2 unspecified atom stereocenters. The minimum atomic E-state index is -2.55. The first-order valence-electron chi connectivity index (χ1n) is 9.94. The van der Waals surface area contributed by atoms with Gasteiger partial charge in [0.25, 0.3) is 0 Å². The van der Waals surface area contributed by atoms with Crippen molar-refractivity contribution < 1.29 is 4.79 Å². The number of carbonyl (C=O) groups excluding carboxylic acids is 1. The number of carbonyl (C=O) groups is 1. The molecule has 0 bridgehead atoms. The van der Waals surface area contributed by atoms with Crippen LogP contribution >= 0.6 is 15.9 Å². The minimum Gasteiger partial charge on any atom is -0.304 e. The lowest BCUT2D eigenvalue weighted by Gasteiger charge is -2.21. The fourth-order valence-corrected chi connectivity index (χ4v) is 6.43. The quantitative estimate of drug-likeness (QED) is 0.192. The fourth-order valence-electron chi connectivity index (χ4n) is 3.25. The molecule has 0 spiro atoms. The highest BCUT2D eigenvalue weighted by atomic mass is 79.9. The maximum absolute atomic E-state index is 13.3. The molecule has 0 aliphatic rings. The van der Waals surface area contributed by atoms with Gasteiger partial charge in [0, 0.05) is 17.3 Å². The molecule has 0 heterocycles. The van der Waals surface area contributed by atoms with Crippen LogP contribution in [-0.4, -0.2) is 18.8 Å². The summed E-state index contributed by atoms with van der Waals surface area (Å²) in [4.78, 5) is 13.3. The van der Waals surface area contributed by atoms with E-state index in [0.717, 1.165) is 41.8 Å². The number of hydrogen-bond donors (Lipinski definition) is 0. The van der Waals surface area contributed by atoms with E-state index in [0.29, 0.717) is 17.7 Å². The van der Waals surface area contributed by atoms with Crippen LogP contribution in [0.5, 0.6) is 0 Å². The maximum Gasteiger partial charge on any atom is 0.239 e. The van der Waals surface area contributed by atoms with Crippen molar-refractivity contribution in [1.29, 1.82) is 0 Å². The second kappa shape index (κ2) is 11.8. The minimum absolute atomic E-state index is 0.333. The van der Waals surface area contributed by atoms with Crippen molar-refractivity contribution in [3.05, 3.63) is 78.9 Å². The Labute approximate surface area is 179 Å². The fraction of sp³-hybridized carbons (Fsp3) is 0.320. The second-order valence-electron chi connectivity index (χ2n) is 7.31. The Bertz CT molecular complexity index is 807. The zero-order valence-corrected chi connectivity index (χ0v) is 19.3. The molecule has 3 heteroatoms. The van der Waals surface area contributed by atoms with Gasteiger partial charge in [0.2, 0.25) is 8.07 Å². The molecular weight excluding hydrogens is 424 g/mol. The van der Waals surface area contributed by atoms with Gasteiger partial charge in [-0.2, -0.15) is 0 Å². The highest BCUT2D eigenvalue weighted by Crippen LogP contribution is 2.19. The topological polar surface area (TPSA) is 17.1 Å². The van der Waals surface area contributed by atoms with Crippen LogP contribution in [0.3, 0.4) is 0 Å². The molecule has 1 nitrogen and oxygen atoms in total. The van der Waals surface area contributed by atoms with Crippen molar-refractivity contribution in [3.8, 4) is 11.5 Å². The average molecular weight is 453 g/mol. The van der Waals surface area contributed by atoms with E-state index in [1.165, 1.54) is 0 Å². The molecule has 0 aliphatic carbocycles. The lowest BCUT2D eigenvalue weighted by Crippen LogP contribution is -2.52. The summed E-state index contributed by atoms with van der Waals surface area (Å²) in [7, 11) is -2.55. The molecule has 0 aliphatic heterocycles. The maximum atomic E-state index is 13.3. The van der Waals surface area contributed by atoms with Gasteiger partial charge in [0.15, 0.2) is 0 Å². The predicted molar refractivity (Wildman–Crippen MR) is 127 cm³/mol. The molecule has 2 aromatic rings. The van der Waals surface area contributed by atoms with Crippen molar-refractivity contribution in [2.75, 3.05) is 5.33 Å². The summed E-state index contributed by atoms with van der Waals surface area (Å²) < 4.78 is 0. The summed E-state index contributed by atoms with van der Waals surface area (Å²) >= 11 is 3.61. The Morgan fingerprint density at radius 1 is 1.11 bits per heavy atom. The average Bonchev–Trinajstić information content (AvgIpc) is 2.75. The first-order chi connectivity index (χ1) is 13.6. The second-order valence-corrected chi connectivity index (χ2v) is 11.6. The van der Waals surface area contributed by atoms with E-state index >= 15 is 0 Å². The predicted octanol–water partition coefficient (Wildman–Crippen LogP) is 5.82. The molecule has 0 saturated heterocycles. The van der Waals surface area contributed by atoms with E-state index in [1.807, 2.05) is 54.6 Å². The number of hydrogen-bond acceptors (Lipinski definition) is 1. The molecule has 146 valence electrons. The molecule has 28 heavy (non-hydrogen) atoms. The Morgan fingerprint density at radius 3 is 2.36 bits per heavy atom. The van der Waals surface area contributed by atoms with Gasteiger partial charge in [-0.25, -0.2) is 0 Å². The monoisotopic (exact) mass is 452 g/mol.